The van der Waals surface area contributed by atoms with E-state index < -0.39 is 0 Å². The highest BCUT2D eigenvalue weighted by atomic mass is 16.2. The predicted octanol–water partition coefficient (Wildman–Crippen LogP) is -0.441. The Labute approximate surface area is 90.4 Å². The SMILES string of the molecule is O=C(C1CNC1)N1C2CCNCC1CC2. The summed E-state index contributed by atoms with van der Waals surface area (Å²) < 4.78 is 0. The van der Waals surface area contributed by atoms with E-state index in [9.17, 15) is 4.79 Å². The number of carbonyl (C=O) groups excluding carboxylic acids is 1. The molecule has 0 aliphatic carbocycles. The molecule has 15 heavy (non-hydrogen) atoms. The van der Waals surface area contributed by atoms with Gasteiger partial charge in [0, 0.05) is 31.7 Å². The van der Waals surface area contributed by atoms with Gasteiger partial charge in [-0.05, 0) is 25.8 Å². The highest BCUT2D eigenvalue weighted by molar-refractivity contribution is 5.81. The van der Waals surface area contributed by atoms with Crippen molar-refractivity contribution in [1.29, 1.82) is 0 Å². The Morgan fingerprint density at radius 1 is 1.00 bits per heavy atom. The topological polar surface area (TPSA) is 44.4 Å². The summed E-state index contributed by atoms with van der Waals surface area (Å²) in [5, 5.41) is 6.61. The molecule has 3 fully saturated rings. The molecule has 0 aromatic heterocycles. The smallest absolute Gasteiger partial charge is 0.228 e. The predicted molar refractivity (Wildman–Crippen MR) is 57.5 cm³/mol. The third kappa shape index (κ3) is 1.56. The van der Waals surface area contributed by atoms with E-state index in [0.29, 0.717) is 18.0 Å². The van der Waals surface area contributed by atoms with Crippen molar-refractivity contribution in [3.05, 3.63) is 0 Å². The minimum Gasteiger partial charge on any atom is -0.335 e. The van der Waals surface area contributed by atoms with Crippen molar-refractivity contribution in [2.45, 2.75) is 31.3 Å². The molecular weight excluding hydrogens is 190 g/mol. The van der Waals surface area contributed by atoms with Gasteiger partial charge in [-0.15, -0.1) is 0 Å². The van der Waals surface area contributed by atoms with Crippen LogP contribution >= 0.6 is 0 Å². The minimum atomic E-state index is 0.270. The molecule has 4 nitrogen and oxygen atoms in total. The monoisotopic (exact) mass is 209 g/mol. The lowest BCUT2D eigenvalue weighted by molar-refractivity contribution is -0.139. The lowest BCUT2D eigenvalue weighted by atomic mass is 10.0. The van der Waals surface area contributed by atoms with Crippen LogP contribution in [0.1, 0.15) is 19.3 Å². The number of fused-ring (bicyclic) bond motifs is 2. The summed E-state index contributed by atoms with van der Waals surface area (Å²) in [5.74, 6) is 0.677. The van der Waals surface area contributed by atoms with Crippen LogP contribution in [-0.4, -0.2) is 49.1 Å². The Kier molecular flexibility index (Phi) is 2.41. The molecule has 0 radical (unpaired) electrons. The standard InChI is InChI=1S/C11H19N3O/c15-11(8-5-13-6-8)14-9-1-2-10(14)7-12-4-3-9/h8-10,12-13H,1-7H2. The lowest BCUT2D eigenvalue weighted by Crippen LogP contribution is -2.55. The summed E-state index contributed by atoms with van der Waals surface area (Å²) in [6, 6.07) is 1.00. The summed E-state index contributed by atoms with van der Waals surface area (Å²) in [6.45, 7) is 3.86. The van der Waals surface area contributed by atoms with Crippen LogP contribution in [0.2, 0.25) is 0 Å². The molecule has 0 aromatic rings. The van der Waals surface area contributed by atoms with Crippen LogP contribution in [0.3, 0.4) is 0 Å². The zero-order chi connectivity index (χ0) is 10.3. The maximum atomic E-state index is 12.3. The zero-order valence-electron chi connectivity index (χ0n) is 9.04. The fourth-order valence-electron chi connectivity index (χ4n) is 3.02. The Morgan fingerprint density at radius 2 is 1.80 bits per heavy atom. The van der Waals surface area contributed by atoms with E-state index in [0.717, 1.165) is 32.6 Å². The highest BCUT2D eigenvalue weighted by Gasteiger charge is 2.41. The first-order chi connectivity index (χ1) is 7.36. The molecule has 0 saturated carbocycles. The highest BCUT2D eigenvalue weighted by Crippen LogP contribution is 2.29. The fourth-order valence-corrected chi connectivity index (χ4v) is 3.02. The second-order valence-corrected chi connectivity index (χ2v) is 4.98. The van der Waals surface area contributed by atoms with E-state index in [2.05, 4.69) is 15.5 Å². The number of carbonyl (C=O) groups is 1. The summed E-state index contributed by atoms with van der Waals surface area (Å²) in [5.41, 5.74) is 0. The maximum absolute atomic E-state index is 12.3. The molecule has 0 spiro atoms. The number of hydrogen-bond acceptors (Lipinski definition) is 3. The van der Waals surface area contributed by atoms with Crippen LogP contribution in [-0.2, 0) is 4.79 Å². The largest absolute Gasteiger partial charge is 0.335 e. The molecule has 3 aliphatic rings. The first kappa shape index (κ1) is 9.60. The first-order valence-electron chi connectivity index (χ1n) is 6.10. The molecule has 2 bridgehead atoms. The molecule has 3 heterocycles. The van der Waals surface area contributed by atoms with E-state index in [1.807, 2.05) is 0 Å². The number of amides is 1. The van der Waals surface area contributed by atoms with Crippen LogP contribution in [0.25, 0.3) is 0 Å². The molecule has 3 aliphatic heterocycles. The molecule has 3 saturated heterocycles. The van der Waals surface area contributed by atoms with Gasteiger partial charge in [0.1, 0.15) is 0 Å². The maximum Gasteiger partial charge on any atom is 0.228 e. The van der Waals surface area contributed by atoms with Crippen LogP contribution < -0.4 is 10.6 Å². The molecule has 2 N–H and O–H groups in total. The third-order valence-corrected chi connectivity index (χ3v) is 4.04. The van der Waals surface area contributed by atoms with Gasteiger partial charge in [0.2, 0.25) is 5.91 Å². The molecule has 2 atom stereocenters. The van der Waals surface area contributed by atoms with Crippen molar-refractivity contribution < 1.29 is 4.79 Å². The number of rotatable bonds is 1. The van der Waals surface area contributed by atoms with Crippen molar-refractivity contribution in [2.75, 3.05) is 26.2 Å². The van der Waals surface area contributed by atoms with E-state index in [1.54, 1.807) is 0 Å². The van der Waals surface area contributed by atoms with Gasteiger partial charge in [-0.2, -0.15) is 0 Å². The lowest BCUT2D eigenvalue weighted by Gasteiger charge is -2.35. The Morgan fingerprint density at radius 3 is 2.53 bits per heavy atom. The summed E-state index contributed by atoms with van der Waals surface area (Å²) in [6.07, 6.45) is 3.56. The molecule has 4 heteroatoms. The molecule has 2 unspecified atom stereocenters. The fraction of sp³-hybridized carbons (Fsp3) is 0.909. The van der Waals surface area contributed by atoms with Crippen LogP contribution in [0, 0.1) is 5.92 Å². The van der Waals surface area contributed by atoms with Crippen LogP contribution in [0.5, 0.6) is 0 Å². The van der Waals surface area contributed by atoms with Crippen molar-refractivity contribution in [1.82, 2.24) is 15.5 Å². The van der Waals surface area contributed by atoms with Gasteiger partial charge >= 0.3 is 0 Å². The van der Waals surface area contributed by atoms with Crippen molar-refractivity contribution in [3.8, 4) is 0 Å². The van der Waals surface area contributed by atoms with Gasteiger partial charge in [-0.1, -0.05) is 0 Å². The van der Waals surface area contributed by atoms with Gasteiger partial charge < -0.3 is 15.5 Å². The molecule has 84 valence electrons. The van der Waals surface area contributed by atoms with Gasteiger partial charge in [-0.3, -0.25) is 4.79 Å². The molecule has 0 aromatic carbocycles. The second kappa shape index (κ2) is 3.76. The normalized spacial score (nSPS) is 36.1. The minimum absolute atomic E-state index is 0.270. The zero-order valence-corrected chi connectivity index (χ0v) is 9.04. The Balaban J connectivity index is 1.75. The summed E-state index contributed by atoms with van der Waals surface area (Å²) >= 11 is 0. The average molecular weight is 209 g/mol. The molecule has 1 amide bonds. The summed E-state index contributed by atoms with van der Waals surface area (Å²) in [7, 11) is 0. The second-order valence-electron chi connectivity index (χ2n) is 4.98. The first-order valence-corrected chi connectivity index (χ1v) is 6.10. The van der Waals surface area contributed by atoms with E-state index in [1.165, 1.54) is 12.8 Å². The Bertz CT molecular complexity index is 251. The van der Waals surface area contributed by atoms with Crippen molar-refractivity contribution >= 4 is 5.91 Å². The summed E-state index contributed by atoms with van der Waals surface area (Å²) in [4.78, 5) is 14.5. The Hall–Kier alpha value is -0.610. The number of nitrogens with one attached hydrogen (secondary N) is 2. The van der Waals surface area contributed by atoms with Crippen molar-refractivity contribution in [3.63, 3.8) is 0 Å². The van der Waals surface area contributed by atoms with Gasteiger partial charge in [0.15, 0.2) is 0 Å². The third-order valence-electron chi connectivity index (χ3n) is 4.04. The quantitative estimate of drug-likeness (QED) is 0.615. The van der Waals surface area contributed by atoms with Crippen LogP contribution in [0.15, 0.2) is 0 Å². The van der Waals surface area contributed by atoms with Crippen LogP contribution in [0.4, 0.5) is 0 Å². The van der Waals surface area contributed by atoms with E-state index in [4.69, 9.17) is 0 Å². The number of hydrogen-bond donors (Lipinski definition) is 2. The van der Waals surface area contributed by atoms with Gasteiger partial charge in [0.25, 0.3) is 0 Å². The van der Waals surface area contributed by atoms with E-state index in [-0.39, 0.29) is 5.92 Å². The number of nitrogens with zero attached hydrogens (tertiary/aromatic N) is 1. The van der Waals surface area contributed by atoms with Gasteiger partial charge in [-0.25, -0.2) is 0 Å². The molecular formula is C11H19N3O. The van der Waals surface area contributed by atoms with Crippen molar-refractivity contribution in [2.24, 2.45) is 5.92 Å². The van der Waals surface area contributed by atoms with Gasteiger partial charge in [0.05, 0.1) is 5.92 Å². The van der Waals surface area contributed by atoms with E-state index >= 15 is 0 Å². The average Bonchev–Trinajstić information content (AvgIpc) is 2.36. The molecule has 3 rings (SSSR count).